The molecule has 10 rings (SSSR count). The van der Waals surface area contributed by atoms with Crippen molar-refractivity contribution in [1.29, 1.82) is 0 Å². The van der Waals surface area contributed by atoms with Gasteiger partial charge in [0.25, 0.3) is 0 Å². The first-order valence-corrected chi connectivity index (χ1v) is 17.8. The highest BCUT2D eigenvalue weighted by molar-refractivity contribution is 6.10. The fourth-order valence-electron chi connectivity index (χ4n) is 8.22. The third-order valence-electron chi connectivity index (χ3n) is 10.7. The largest absolute Gasteiger partial charge is 0.310 e. The number of rotatable bonds is 5. The monoisotopic (exact) mass is 640 g/mol. The number of allylic oxidation sites excluding steroid dienone is 5. The number of aromatic nitrogens is 2. The molecule has 6 aromatic carbocycles. The van der Waals surface area contributed by atoms with E-state index in [0.29, 0.717) is 0 Å². The van der Waals surface area contributed by atoms with Crippen molar-refractivity contribution in [3.8, 4) is 33.6 Å². The topological polar surface area (TPSA) is 9.86 Å². The van der Waals surface area contributed by atoms with Gasteiger partial charge >= 0.3 is 0 Å². The molecule has 0 saturated carbocycles. The maximum Gasteiger partial charge on any atom is 0.0547 e. The summed E-state index contributed by atoms with van der Waals surface area (Å²) >= 11 is 0. The fourth-order valence-corrected chi connectivity index (χ4v) is 8.22. The van der Waals surface area contributed by atoms with Crippen molar-refractivity contribution >= 4 is 44.4 Å². The minimum Gasteiger partial charge on any atom is -0.310 e. The summed E-state index contributed by atoms with van der Waals surface area (Å²) in [5, 5.41) is 3.94. The van der Waals surface area contributed by atoms with E-state index in [9.17, 15) is 0 Å². The third-order valence-corrected chi connectivity index (χ3v) is 10.7. The number of nitrogens with zero attached hydrogens (tertiary/aromatic N) is 2. The lowest BCUT2D eigenvalue weighted by atomic mass is 9.96. The molecule has 0 unspecified atom stereocenters. The quantitative estimate of drug-likeness (QED) is 0.177. The van der Waals surface area contributed by atoms with Gasteiger partial charge in [0, 0.05) is 33.2 Å². The molecule has 0 aliphatic heterocycles. The molecule has 0 fully saturated rings. The van der Waals surface area contributed by atoms with Gasteiger partial charge in [0.15, 0.2) is 0 Å². The van der Waals surface area contributed by atoms with Crippen LogP contribution in [0.5, 0.6) is 0 Å². The SMILES string of the molecule is C1=CCCC(c2ccc3c4ccccc4n(-c4ccc(-c5ccc(-n6c7c(c8ccc(-c9ccccc9)cc86)CCC=C7)cc5)cc4)c3c2)=C1. The maximum atomic E-state index is 2.45. The predicted octanol–water partition coefficient (Wildman–Crippen LogP) is 12.8. The number of hydrogen-bond acceptors (Lipinski definition) is 0. The van der Waals surface area contributed by atoms with Gasteiger partial charge in [-0.05, 0) is 113 Å². The van der Waals surface area contributed by atoms with Crippen LogP contribution in [0.3, 0.4) is 0 Å². The van der Waals surface area contributed by atoms with Crippen molar-refractivity contribution < 1.29 is 0 Å². The van der Waals surface area contributed by atoms with Crippen LogP contribution in [0.15, 0.2) is 164 Å². The van der Waals surface area contributed by atoms with Crippen LogP contribution in [-0.2, 0) is 6.42 Å². The molecule has 2 nitrogen and oxygen atoms in total. The summed E-state index contributed by atoms with van der Waals surface area (Å²) in [5.41, 5.74) is 16.5. The highest BCUT2D eigenvalue weighted by Gasteiger charge is 2.19. The van der Waals surface area contributed by atoms with Crippen molar-refractivity contribution in [3.05, 3.63) is 181 Å². The van der Waals surface area contributed by atoms with Crippen LogP contribution in [0.4, 0.5) is 0 Å². The summed E-state index contributed by atoms with van der Waals surface area (Å²) < 4.78 is 4.88. The maximum absolute atomic E-state index is 2.45. The van der Waals surface area contributed by atoms with Gasteiger partial charge in [0.05, 0.1) is 16.6 Å². The Morgan fingerprint density at radius 3 is 1.80 bits per heavy atom. The number of hydrogen-bond donors (Lipinski definition) is 0. The summed E-state index contributed by atoms with van der Waals surface area (Å²) in [6.45, 7) is 0. The Morgan fingerprint density at radius 2 is 1.02 bits per heavy atom. The molecule has 0 bridgehead atoms. The molecule has 238 valence electrons. The van der Waals surface area contributed by atoms with E-state index in [1.54, 1.807) is 0 Å². The Balaban J connectivity index is 1.03. The second kappa shape index (κ2) is 11.8. The summed E-state index contributed by atoms with van der Waals surface area (Å²) in [6, 6.07) is 51.6. The standard InChI is InChI=1S/C48H36N2/c1-3-11-33(12-4-1)37-23-29-43-41-15-7-9-17-45(41)49(47(43)31-37)39-25-19-35(20-26-39)36-21-27-40(28-22-36)50-46-18-10-8-16-42(46)44-30-24-38(32-48(44)50)34-13-5-2-6-14-34/h1-5,8-13,16-32H,6-7,14-15H2. The van der Waals surface area contributed by atoms with Gasteiger partial charge in [-0.1, -0.05) is 121 Å². The van der Waals surface area contributed by atoms with Crippen LogP contribution < -0.4 is 0 Å². The van der Waals surface area contributed by atoms with E-state index >= 15 is 0 Å². The van der Waals surface area contributed by atoms with E-state index in [1.807, 2.05) is 0 Å². The predicted molar refractivity (Wildman–Crippen MR) is 212 cm³/mol. The fraction of sp³-hybridized carbons (Fsp3) is 0.0833. The van der Waals surface area contributed by atoms with Crippen molar-refractivity contribution in [3.63, 3.8) is 0 Å². The summed E-state index contributed by atoms with van der Waals surface area (Å²) in [6.07, 6.45) is 15.7. The number of para-hydroxylation sites is 1. The number of aryl methyl sites for hydroxylation is 1. The van der Waals surface area contributed by atoms with E-state index in [1.165, 1.54) is 88.7 Å². The second-order valence-corrected chi connectivity index (χ2v) is 13.6. The Bertz CT molecular complexity index is 2660. The Kier molecular flexibility index (Phi) is 6.80. The molecule has 0 atom stereocenters. The average Bonchev–Trinajstić information content (AvgIpc) is 3.71. The molecule has 0 amide bonds. The van der Waals surface area contributed by atoms with Crippen LogP contribution in [0.25, 0.3) is 78.0 Å². The zero-order valence-electron chi connectivity index (χ0n) is 27.9. The summed E-state index contributed by atoms with van der Waals surface area (Å²) in [5.74, 6) is 0. The van der Waals surface area contributed by atoms with Crippen LogP contribution in [0.1, 0.15) is 36.1 Å². The van der Waals surface area contributed by atoms with Gasteiger partial charge in [-0.2, -0.15) is 0 Å². The highest BCUT2D eigenvalue weighted by atomic mass is 15.0. The van der Waals surface area contributed by atoms with Gasteiger partial charge in [-0.3, -0.25) is 0 Å². The second-order valence-electron chi connectivity index (χ2n) is 13.6. The smallest absolute Gasteiger partial charge is 0.0547 e. The van der Waals surface area contributed by atoms with Crippen LogP contribution >= 0.6 is 0 Å². The van der Waals surface area contributed by atoms with Crippen molar-refractivity contribution in [2.75, 3.05) is 0 Å². The van der Waals surface area contributed by atoms with Crippen molar-refractivity contribution in [2.45, 2.75) is 25.7 Å². The first-order valence-electron chi connectivity index (χ1n) is 17.8. The van der Waals surface area contributed by atoms with E-state index in [2.05, 4.69) is 179 Å². The van der Waals surface area contributed by atoms with Gasteiger partial charge in [0.1, 0.15) is 0 Å². The Labute approximate surface area is 292 Å². The molecule has 2 heteroatoms. The van der Waals surface area contributed by atoms with E-state index in [0.717, 1.165) is 25.7 Å². The van der Waals surface area contributed by atoms with E-state index in [-0.39, 0.29) is 0 Å². The molecule has 0 N–H and O–H groups in total. The molecule has 2 heterocycles. The molecule has 0 saturated heterocycles. The molecule has 2 aliphatic rings. The first-order chi connectivity index (χ1) is 24.8. The minimum absolute atomic E-state index is 1.08. The summed E-state index contributed by atoms with van der Waals surface area (Å²) in [7, 11) is 0. The van der Waals surface area contributed by atoms with E-state index < -0.39 is 0 Å². The van der Waals surface area contributed by atoms with Crippen LogP contribution in [0, 0.1) is 0 Å². The molecule has 50 heavy (non-hydrogen) atoms. The first kappa shape index (κ1) is 28.9. The lowest BCUT2D eigenvalue weighted by Gasteiger charge is -2.14. The average molecular weight is 641 g/mol. The lowest BCUT2D eigenvalue weighted by molar-refractivity contribution is 0.967. The lowest BCUT2D eigenvalue weighted by Crippen LogP contribution is -2.00. The zero-order valence-corrected chi connectivity index (χ0v) is 27.9. The van der Waals surface area contributed by atoms with Crippen molar-refractivity contribution in [1.82, 2.24) is 9.13 Å². The zero-order chi connectivity index (χ0) is 33.0. The highest BCUT2D eigenvalue weighted by Crippen LogP contribution is 2.38. The minimum atomic E-state index is 1.08. The van der Waals surface area contributed by atoms with Crippen LogP contribution in [0.2, 0.25) is 0 Å². The van der Waals surface area contributed by atoms with Gasteiger partial charge in [-0.15, -0.1) is 0 Å². The van der Waals surface area contributed by atoms with Gasteiger partial charge in [-0.25, -0.2) is 0 Å². The molecule has 0 radical (unpaired) electrons. The number of benzene rings is 6. The molecular formula is C48H36N2. The molecule has 2 aliphatic carbocycles. The Hall–Kier alpha value is -6.12. The van der Waals surface area contributed by atoms with Gasteiger partial charge in [0.2, 0.25) is 0 Å². The number of fused-ring (bicyclic) bond motifs is 6. The van der Waals surface area contributed by atoms with Crippen molar-refractivity contribution in [2.24, 2.45) is 0 Å². The molecular weight excluding hydrogens is 605 g/mol. The Morgan fingerprint density at radius 1 is 0.420 bits per heavy atom. The van der Waals surface area contributed by atoms with E-state index in [4.69, 9.17) is 0 Å². The molecule has 8 aromatic rings. The molecule has 0 spiro atoms. The summed E-state index contributed by atoms with van der Waals surface area (Å²) in [4.78, 5) is 0. The normalized spacial score (nSPS) is 14.0. The molecule has 2 aromatic heterocycles. The van der Waals surface area contributed by atoms with Gasteiger partial charge < -0.3 is 9.13 Å². The third kappa shape index (κ3) is 4.71. The van der Waals surface area contributed by atoms with Crippen LogP contribution in [-0.4, -0.2) is 9.13 Å².